The van der Waals surface area contributed by atoms with Crippen molar-refractivity contribution in [2.45, 2.75) is 6.04 Å². The first-order chi connectivity index (χ1) is 15.7. The first-order valence-electron chi connectivity index (χ1n) is 10.2. The van der Waals surface area contributed by atoms with Gasteiger partial charge in [0.05, 0.1) is 28.8 Å². The second kappa shape index (κ2) is 7.02. The highest BCUT2D eigenvalue weighted by Gasteiger charge is 2.32. The minimum absolute atomic E-state index is 0.238. The number of carbonyl (C=O) groups excluding carboxylic acids is 1. The first kappa shape index (κ1) is 18.3. The maximum atomic E-state index is 13.0. The van der Waals surface area contributed by atoms with Crippen LogP contribution in [0.15, 0.2) is 85.5 Å². The van der Waals surface area contributed by atoms with Gasteiger partial charge >= 0.3 is 0 Å². The topological polar surface area (TPSA) is 97.6 Å². The van der Waals surface area contributed by atoms with Gasteiger partial charge in [-0.1, -0.05) is 42.5 Å². The van der Waals surface area contributed by atoms with Crippen LogP contribution in [0.3, 0.4) is 0 Å². The molecule has 0 unspecified atom stereocenters. The molecule has 3 aromatic heterocycles. The Hall–Kier alpha value is -4.52. The largest absolute Gasteiger partial charge is 0.619 e. The SMILES string of the molecule is O=C(N[C@@H]1c2ccccc2-c2c(-c3nc4ccncc4[nH]3)cccc21)c1cc[n+]([O-])cc1. The van der Waals surface area contributed by atoms with Gasteiger partial charge in [-0.15, -0.1) is 0 Å². The molecule has 0 radical (unpaired) electrons. The Labute approximate surface area is 183 Å². The lowest BCUT2D eigenvalue weighted by atomic mass is 9.98. The van der Waals surface area contributed by atoms with Crippen LogP contribution < -0.4 is 10.0 Å². The molecular weight excluding hydrogens is 402 g/mol. The molecule has 0 fully saturated rings. The average Bonchev–Trinajstić information content (AvgIpc) is 3.39. The standard InChI is InChI=1S/C25H17N5O2/c31-25(15-9-12-30(32)13-10-15)29-23-17-5-2-1-4-16(17)22-18(23)6-3-7-19(22)24-27-20-8-11-26-14-21(20)28-24/h1-14,23H,(H,27,28)(H,29,31)/t23-/m1/s1. The molecule has 1 aliphatic carbocycles. The van der Waals surface area contributed by atoms with Crippen LogP contribution in [0, 0.1) is 5.21 Å². The molecule has 0 spiro atoms. The van der Waals surface area contributed by atoms with Crippen molar-refractivity contribution >= 4 is 16.9 Å². The number of hydrogen-bond acceptors (Lipinski definition) is 4. The number of aromatic nitrogens is 4. The first-order valence-corrected chi connectivity index (χ1v) is 10.2. The van der Waals surface area contributed by atoms with Crippen molar-refractivity contribution in [3.8, 4) is 22.5 Å². The highest BCUT2D eigenvalue weighted by molar-refractivity contribution is 5.97. The van der Waals surface area contributed by atoms with E-state index in [2.05, 4.69) is 21.4 Å². The monoisotopic (exact) mass is 419 g/mol. The Balaban J connectivity index is 1.47. The molecular formula is C25H17N5O2. The summed E-state index contributed by atoms with van der Waals surface area (Å²) in [6.07, 6.45) is 6.12. The van der Waals surface area contributed by atoms with E-state index in [0.29, 0.717) is 10.3 Å². The van der Waals surface area contributed by atoms with Gasteiger partial charge in [0.15, 0.2) is 12.4 Å². The molecule has 0 aliphatic heterocycles. The van der Waals surface area contributed by atoms with Gasteiger partial charge in [-0.2, -0.15) is 4.73 Å². The van der Waals surface area contributed by atoms with Crippen molar-refractivity contribution in [1.29, 1.82) is 0 Å². The van der Waals surface area contributed by atoms with Crippen LogP contribution in [0.5, 0.6) is 0 Å². The highest BCUT2D eigenvalue weighted by Crippen LogP contribution is 2.47. The molecule has 1 amide bonds. The lowest BCUT2D eigenvalue weighted by Gasteiger charge is -2.16. The van der Waals surface area contributed by atoms with Crippen LogP contribution in [0.25, 0.3) is 33.5 Å². The fraction of sp³-hybridized carbons (Fsp3) is 0.0400. The van der Waals surface area contributed by atoms with Gasteiger partial charge in [0.25, 0.3) is 5.91 Å². The van der Waals surface area contributed by atoms with Crippen molar-refractivity contribution in [2.24, 2.45) is 0 Å². The molecule has 154 valence electrons. The van der Waals surface area contributed by atoms with Gasteiger partial charge in [0, 0.05) is 23.9 Å². The fourth-order valence-electron chi connectivity index (χ4n) is 4.37. The zero-order valence-corrected chi connectivity index (χ0v) is 16.8. The molecule has 5 aromatic rings. The molecule has 1 aliphatic rings. The molecule has 32 heavy (non-hydrogen) atoms. The second-order valence-corrected chi connectivity index (χ2v) is 7.69. The number of pyridine rings is 2. The predicted molar refractivity (Wildman–Crippen MR) is 119 cm³/mol. The molecule has 0 saturated heterocycles. The van der Waals surface area contributed by atoms with Gasteiger partial charge in [-0.05, 0) is 28.3 Å². The van der Waals surface area contributed by atoms with Gasteiger partial charge in [0.2, 0.25) is 0 Å². The van der Waals surface area contributed by atoms with Crippen LogP contribution >= 0.6 is 0 Å². The van der Waals surface area contributed by atoms with E-state index in [1.165, 1.54) is 24.5 Å². The lowest BCUT2D eigenvalue weighted by Crippen LogP contribution is -2.30. The Kier molecular flexibility index (Phi) is 4.01. The number of H-pyrrole nitrogens is 1. The third kappa shape index (κ3) is 2.83. The van der Waals surface area contributed by atoms with Gasteiger partial charge < -0.3 is 15.5 Å². The number of benzene rings is 2. The van der Waals surface area contributed by atoms with Crippen molar-refractivity contribution in [3.63, 3.8) is 0 Å². The number of imidazole rings is 1. The summed E-state index contributed by atoms with van der Waals surface area (Å²) in [5, 5.41) is 14.5. The van der Waals surface area contributed by atoms with Crippen LogP contribution in [-0.4, -0.2) is 20.9 Å². The maximum Gasteiger partial charge on any atom is 0.252 e. The number of aromatic amines is 1. The molecule has 0 saturated carbocycles. The zero-order valence-electron chi connectivity index (χ0n) is 16.8. The molecule has 3 heterocycles. The summed E-state index contributed by atoms with van der Waals surface area (Å²) in [4.78, 5) is 25.3. The number of hydrogen-bond donors (Lipinski definition) is 2. The maximum absolute atomic E-state index is 13.0. The number of rotatable bonds is 3. The van der Waals surface area contributed by atoms with Crippen molar-refractivity contribution in [3.05, 3.63) is 107 Å². The average molecular weight is 419 g/mol. The molecule has 2 aromatic carbocycles. The number of carbonyl (C=O) groups is 1. The number of amides is 1. The minimum atomic E-state index is -0.306. The summed E-state index contributed by atoms with van der Waals surface area (Å²) in [6.45, 7) is 0. The van der Waals surface area contributed by atoms with Crippen LogP contribution in [0.4, 0.5) is 0 Å². The van der Waals surface area contributed by atoms with Crippen molar-refractivity contribution < 1.29 is 9.52 Å². The van der Waals surface area contributed by atoms with Crippen LogP contribution in [0.1, 0.15) is 27.5 Å². The summed E-state index contributed by atoms with van der Waals surface area (Å²) in [5.41, 5.74) is 7.26. The second-order valence-electron chi connectivity index (χ2n) is 7.69. The molecule has 6 rings (SSSR count). The van der Waals surface area contributed by atoms with Crippen LogP contribution in [0.2, 0.25) is 0 Å². The van der Waals surface area contributed by atoms with E-state index >= 15 is 0 Å². The van der Waals surface area contributed by atoms with E-state index in [-0.39, 0.29) is 11.9 Å². The summed E-state index contributed by atoms with van der Waals surface area (Å²) < 4.78 is 0.659. The van der Waals surface area contributed by atoms with Crippen molar-refractivity contribution in [2.75, 3.05) is 0 Å². The highest BCUT2D eigenvalue weighted by atomic mass is 16.5. The Bertz CT molecular complexity index is 1460. The van der Waals surface area contributed by atoms with Gasteiger partial charge in [-0.3, -0.25) is 9.78 Å². The smallest absolute Gasteiger partial charge is 0.252 e. The molecule has 7 heteroatoms. The van der Waals surface area contributed by atoms with E-state index in [4.69, 9.17) is 4.98 Å². The van der Waals surface area contributed by atoms with Crippen LogP contribution in [-0.2, 0) is 0 Å². The van der Waals surface area contributed by atoms with Gasteiger partial charge in [0.1, 0.15) is 5.82 Å². The summed E-state index contributed by atoms with van der Waals surface area (Å²) in [6, 6.07) is 18.7. The number of nitrogens with one attached hydrogen (secondary N) is 2. The van der Waals surface area contributed by atoms with E-state index in [1.807, 2.05) is 42.5 Å². The molecule has 2 N–H and O–H groups in total. The van der Waals surface area contributed by atoms with Crippen molar-refractivity contribution in [1.82, 2.24) is 20.3 Å². The molecule has 0 bridgehead atoms. The van der Waals surface area contributed by atoms with Gasteiger partial charge in [-0.25, -0.2) is 4.98 Å². The molecule has 7 nitrogen and oxygen atoms in total. The summed E-state index contributed by atoms with van der Waals surface area (Å²) >= 11 is 0. The lowest BCUT2D eigenvalue weighted by molar-refractivity contribution is -0.605. The third-order valence-electron chi connectivity index (χ3n) is 5.83. The summed E-state index contributed by atoms with van der Waals surface area (Å²) in [7, 11) is 0. The van der Waals surface area contributed by atoms with E-state index < -0.39 is 0 Å². The quantitative estimate of drug-likeness (QED) is 0.344. The number of nitrogens with zero attached hydrogens (tertiary/aromatic N) is 3. The van der Waals surface area contributed by atoms with E-state index in [0.717, 1.165) is 44.7 Å². The zero-order chi connectivity index (χ0) is 21.7. The third-order valence-corrected chi connectivity index (χ3v) is 5.83. The Morgan fingerprint density at radius 1 is 0.969 bits per heavy atom. The Morgan fingerprint density at radius 3 is 2.59 bits per heavy atom. The van der Waals surface area contributed by atoms with E-state index in [1.54, 1.807) is 12.4 Å². The van der Waals surface area contributed by atoms with E-state index in [9.17, 15) is 10.0 Å². The predicted octanol–water partition coefficient (Wildman–Crippen LogP) is 3.76. The number of fused-ring (bicyclic) bond motifs is 4. The minimum Gasteiger partial charge on any atom is -0.619 e. The Morgan fingerprint density at radius 2 is 1.75 bits per heavy atom. The normalized spacial score (nSPS) is 14.2. The molecule has 1 atom stereocenters. The fourth-order valence-corrected chi connectivity index (χ4v) is 4.37. The summed E-state index contributed by atoms with van der Waals surface area (Å²) in [5.74, 6) is 0.521.